The number of aliphatic hydroxyl groups excluding tert-OH is 1. The minimum Gasteiger partial charge on any atom is -0.391 e. The van der Waals surface area contributed by atoms with Crippen molar-refractivity contribution >= 4 is 11.8 Å². The number of para-hydroxylation sites is 1. The molecular weight excluding hydrogens is 365 g/mol. The molecule has 0 bridgehead atoms. The van der Waals surface area contributed by atoms with Crippen LogP contribution in [0.3, 0.4) is 0 Å². The van der Waals surface area contributed by atoms with Crippen molar-refractivity contribution < 1.29 is 19.1 Å². The third kappa shape index (κ3) is 3.38. The fourth-order valence-electron chi connectivity index (χ4n) is 3.76. The van der Waals surface area contributed by atoms with E-state index in [1.54, 1.807) is 35.5 Å². The van der Waals surface area contributed by atoms with Crippen molar-refractivity contribution in [2.24, 2.45) is 0 Å². The highest BCUT2D eigenvalue weighted by Gasteiger charge is 2.44. The molecule has 2 aromatic rings. The monoisotopic (exact) mass is 387 g/mol. The molecule has 2 aliphatic rings. The van der Waals surface area contributed by atoms with Crippen LogP contribution >= 0.6 is 0 Å². The van der Waals surface area contributed by atoms with Gasteiger partial charge in [0, 0.05) is 37.9 Å². The molecule has 3 heterocycles. The smallest absolute Gasteiger partial charge is 0.248 e. The van der Waals surface area contributed by atoms with Gasteiger partial charge in [-0.1, -0.05) is 12.1 Å². The summed E-state index contributed by atoms with van der Waals surface area (Å²) in [7, 11) is 0. The predicted octanol–water partition coefficient (Wildman–Crippen LogP) is -0.0966. The zero-order valence-electron chi connectivity index (χ0n) is 15.5. The number of halogens is 1. The van der Waals surface area contributed by atoms with Crippen LogP contribution in [0, 0.1) is 5.82 Å². The fourth-order valence-corrected chi connectivity index (χ4v) is 3.76. The number of carbonyl (C=O) groups excluding carboxylic acids is 2. The topological polar surface area (TPSA) is 90.7 Å². The SMILES string of the molecule is C[C@H](O)[C@H]1NC(=O)[C@H]2CN(Cc3cnn(-c4ccccc4F)c3)CCN2C1=O. The zero-order valence-corrected chi connectivity index (χ0v) is 15.5. The van der Waals surface area contributed by atoms with E-state index in [1.807, 2.05) is 0 Å². The van der Waals surface area contributed by atoms with E-state index in [9.17, 15) is 19.1 Å². The van der Waals surface area contributed by atoms with Crippen molar-refractivity contribution in [3.05, 3.63) is 48.0 Å². The third-order valence-corrected chi connectivity index (χ3v) is 5.24. The maximum Gasteiger partial charge on any atom is 0.248 e. The Morgan fingerprint density at radius 1 is 1.32 bits per heavy atom. The number of nitrogens with zero attached hydrogens (tertiary/aromatic N) is 4. The lowest BCUT2D eigenvalue weighted by molar-refractivity contribution is -0.156. The third-order valence-electron chi connectivity index (χ3n) is 5.24. The highest BCUT2D eigenvalue weighted by Crippen LogP contribution is 2.20. The van der Waals surface area contributed by atoms with Gasteiger partial charge in [0.25, 0.3) is 0 Å². The minimum absolute atomic E-state index is 0.244. The van der Waals surface area contributed by atoms with E-state index in [-0.39, 0.29) is 17.6 Å². The summed E-state index contributed by atoms with van der Waals surface area (Å²) in [6.45, 7) is 3.45. The molecule has 4 rings (SSSR count). The maximum atomic E-state index is 13.9. The average molecular weight is 387 g/mol. The molecular formula is C19H22FN5O3. The molecule has 0 aliphatic carbocycles. The number of rotatable bonds is 4. The fraction of sp³-hybridized carbons (Fsp3) is 0.421. The number of nitrogens with one attached hydrogen (secondary N) is 1. The lowest BCUT2D eigenvalue weighted by Crippen LogP contribution is -2.70. The number of aliphatic hydroxyl groups is 1. The van der Waals surface area contributed by atoms with Gasteiger partial charge in [-0.3, -0.25) is 14.5 Å². The van der Waals surface area contributed by atoms with Crippen molar-refractivity contribution in [2.75, 3.05) is 19.6 Å². The Bertz CT molecular complexity index is 899. The molecule has 2 aliphatic heterocycles. The number of hydrogen-bond acceptors (Lipinski definition) is 5. The van der Waals surface area contributed by atoms with E-state index in [0.29, 0.717) is 31.9 Å². The largest absolute Gasteiger partial charge is 0.391 e. The van der Waals surface area contributed by atoms with Crippen molar-refractivity contribution in [2.45, 2.75) is 31.7 Å². The van der Waals surface area contributed by atoms with Crippen LogP contribution in [0.5, 0.6) is 0 Å². The lowest BCUT2D eigenvalue weighted by Gasteiger charge is -2.45. The Balaban J connectivity index is 1.44. The molecule has 1 aromatic heterocycles. The quantitative estimate of drug-likeness (QED) is 0.765. The molecule has 0 unspecified atom stereocenters. The molecule has 2 N–H and O–H groups in total. The number of aromatic nitrogens is 2. The van der Waals surface area contributed by atoms with Crippen LogP contribution in [-0.2, 0) is 16.1 Å². The van der Waals surface area contributed by atoms with E-state index in [4.69, 9.17) is 0 Å². The van der Waals surface area contributed by atoms with Crippen LogP contribution in [0.2, 0.25) is 0 Å². The summed E-state index contributed by atoms with van der Waals surface area (Å²) in [5.74, 6) is -0.848. The first-order valence-electron chi connectivity index (χ1n) is 9.24. The molecule has 148 valence electrons. The van der Waals surface area contributed by atoms with Gasteiger partial charge in [-0.15, -0.1) is 0 Å². The summed E-state index contributed by atoms with van der Waals surface area (Å²) in [5.41, 5.74) is 1.26. The number of benzene rings is 1. The summed E-state index contributed by atoms with van der Waals surface area (Å²) in [4.78, 5) is 28.5. The summed E-state index contributed by atoms with van der Waals surface area (Å²) >= 11 is 0. The van der Waals surface area contributed by atoms with Crippen molar-refractivity contribution in [1.82, 2.24) is 24.9 Å². The van der Waals surface area contributed by atoms with Crippen molar-refractivity contribution in [3.8, 4) is 5.69 Å². The number of hydrogen-bond donors (Lipinski definition) is 2. The Labute approximate surface area is 161 Å². The predicted molar refractivity (Wildman–Crippen MR) is 97.9 cm³/mol. The average Bonchev–Trinajstić information content (AvgIpc) is 3.13. The van der Waals surface area contributed by atoms with Crippen LogP contribution in [0.15, 0.2) is 36.7 Å². The highest BCUT2D eigenvalue weighted by atomic mass is 19.1. The van der Waals surface area contributed by atoms with Gasteiger partial charge >= 0.3 is 0 Å². The second kappa shape index (κ2) is 7.33. The van der Waals surface area contributed by atoms with E-state index < -0.39 is 18.2 Å². The lowest BCUT2D eigenvalue weighted by atomic mass is 10.0. The van der Waals surface area contributed by atoms with Gasteiger partial charge in [0.1, 0.15) is 23.6 Å². The summed E-state index contributed by atoms with van der Waals surface area (Å²) in [6.07, 6.45) is 2.51. The highest BCUT2D eigenvalue weighted by molar-refractivity contribution is 5.97. The first-order valence-corrected chi connectivity index (χ1v) is 9.24. The van der Waals surface area contributed by atoms with Gasteiger partial charge in [-0.05, 0) is 19.1 Å². The van der Waals surface area contributed by atoms with E-state index >= 15 is 0 Å². The molecule has 28 heavy (non-hydrogen) atoms. The first kappa shape index (κ1) is 18.6. The van der Waals surface area contributed by atoms with Gasteiger partial charge < -0.3 is 15.3 Å². The van der Waals surface area contributed by atoms with E-state index in [2.05, 4.69) is 15.3 Å². The van der Waals surface area contributed by atoms with Gasteiger partial charge in [-0.25, -0.2) is 9.07 Å². The van der Waals surface area contributed by atoms with Crippen LogP contribution < -0.4 is 5.32 Å². The molecule has 0 saturated carbocycles. The van der Waals surface area contributed by atoms with Gasteiger partial charge in [-0.2, -0.15) is 5.10 Å². The minimum atomic E-state index is -0.931. The van der Waals surface area contributed by atoms with Crippen molar-refractivity contribution in [1.29, 1.82) is 0 Å². The Morgan fingerprint density at radius 2 is 2.11 bits per heavy atom. The molecule has 2 fully saturated rings. The normalized spacial score (nSPS) is 24.0. The number of carbonyl (C=O) groups is 2. The number of amides is 2. The second-order valence-electron chi connectivity index (χ2n) is 7.25. The van der Waals surface area contributed by atoms with Crippen LogP contribution in [0.25, 0.3) is 5.69 Å². The van der Waals surface area contributed by atoms with Crippen LogP contribution in [0.1, 0.15) is 12.5 Å². The zero-order chi connectivity index (χ0) is 19.8. The first-order chi connectivity index (χ1) is 13.4. The Morgan fingerprint density at radius 3 is 2.86 bits per heavy atom. The maximum absolute atomic E-state index is 13.9. The summed E-state index contributed by atoms with van der Waals surface area (Å²) in [6, 6.07) is 4.96. The molecule has 9 heteroatoms. The van der Waals surface area contributed by atoms with E-state index in [0.717, 1.165) is 5.56 Å². The van der Waals surface area contributed by atoms with Crippen molar-refractivity contribution in [3.63, 3.8) is 0 Å². The summed E-state index contributed by atoms with van der Waals surface area (Å²) in [5, 5.41) is 16.6. The molecule has 3 atom stereocenters. The Hall–Kier alpha value is -2.78. The molecule has 2 saturated heterocycles. The molecule has 1 aromatic carbocycles. The molecule has 2 amide bonds. The van der Waals surface area contributed by atoms with Gasteiger partial charge in [0.2, 0.25) is 11.8 Å². The van der Waals surface area contributed by atoms with Crippen LogP contribution in [-0.4, -0.2) is 74.3 Å². The molecule has 0 radical (unpaired) electrons. The number of piperazine rings is 2. The molecule has 8 nitrogen and oxygen atoms in total. The summed E-state index contributed by atoms with van der Waals surface area (Å²) < 4.78 is 15.4. The van der Waals surface area contributed by atoms with Crippen LogP contribution in [0.4, 0.5) is 4.39 Å². The van der Waals surface area contributed by atoms with Gasteiger partial charge in [0.05, 0.1) is 12.3 Å². The molecule has 0 spiro atoms. The number of fused-ring (bicyclic) bond motifs is 1. The second-order valence-corrected chi connectivity index (χ2v) is 7.25. The van der Waals surface area contributed by atoms with Gasteiger partial charge in [0.15, 0.2) is 0 Å². The van der Waals surface area contributed by atoms with E-state index in [1.165, 1.54) is 17.7 Å². The standard InChI is InChI=1S/C19H22FN5O3/c1-12(26)17-19(28)24-7-6-23(11-16(24)18(27)22-17)9-13-8-21-25(10-13)15-5-3-2-4-14(15)20/h2-5,8,10,12,16-17,26H,6-7,9,11H2,1H3,(H,22,27)/t12-,16+,17+/m0/s1. The Kier molecular flexibility index (Phi) is 4.86.